The Balaban J connectivity index is 2.41. The van der Waals surface area contributed by atoms with Gasteiger partial charge in [0.2, 0.25) is 0 Å². The van der Waals surface area contributed by atoms with Crippen LogP contribution in [0.1, 0.15) is 45.4 Å². The lowest BCUT2D eigenvalue weighted by Gasteiger charge is -2.34. The molecular weight excluding hydrogens is 168 g/mol. The largest absolute Gasteiger partial charge is 0.481 e. The predicted molar refractivity (Wildman–Crippen MR) is 49.5 cm³/mol. The van der Waals surface area contributed by atoms with E-state index in [1.165, 1.54) is 0 Å². The maximum Gasteiger partial charge on any atom is 0.306 e. The van der Waals surface area contributed by atoms with Crippen LogP contribution in [0.4, 0.5) is 0 Å². The maximum absolute atomic E-state index is 10.6. The first kappa shape index (κ1) is 10.5. The quantitative estimate of drug-likeness (QED) is 0.706. The highest BCUT2D eigenvalue weighted by Crippen LogP contribution is 2.35. The van der Waals surface area contributed by atoms with E-state index in [1.54, 1.807) is 0 Å². The van der Waals surface area contributed by atoms with E-state index in [0.717, 1.165) is 12.8 Å². The van der Waals surface area contributed by atoms with Crippen LogP contribution in [0, 0.1) is 5.92 Å². The van der Waals surface area contributed by atoms with Gasteiger partial charge in [-0.2, -0.15) is 0 Å². The van der Waals surface area contributed by atoms with Gasteiger partial charge in [-0.3, -0.25) is 4.79 Å². The molecule has 3 nitrogen and oxygen atoms in total. The lowest BCUT2D eigenvalue weighted by atomic mass is 9.77. The first-order valence-electron chi connectivity index (χ1n) is 5.02. The van der Waals surface area contributed by atoms with Crippen molar-refractivity contribution in [3.8, 4) is 0 Å². The third-order valence-electron chi connectivity index (χ3n) is 2.98. The van der Waals surface area contributed by atoms with Crippen molar-refractivity contribution in [1.82, 2.24) is 0 Å². The molecule has 76 valence electrons. The summed E-state index contributed by atoms with van der Waals surface area (Å²) < 4.78 is 0. The summed E-state index contributed by atoms with van der Waals surface area (Å²) in [4.78, 5) is 10.6. The van der Waals surface area contributed by atoms with Gasteiger partial charge in [0.25, 0.3) is 0 Å². The van der Waals surface area contributed by atoms with Gasteiger partial charge in [0, 0.05) is 0 Å². The molecule has 0 aromatic rings. The van der Waals surface area contributed by atoms with Gasteiger partial charge in [0.15, 0.2) is 0 Å². The van der Waals surface area contributed by atoms with Crippen molar-refractivity contribution in [2.45, 2.75) is 51.0 Å². The van der Waals surface area contributed by atoms with Crippen molar-refractivity contribution in [3.63, 3.8) is 0 Å². The highest BCUT2D eigenvalue weighted by atomic mass is 16.4. The minimum absolute atomic E-state index is 0.225. The van der Waals surface area contributed by atoms with Crippen LogP contribution < -0.4 is 0 Å². The average molecular weight is 186 g/mol. The molecule has 0 aliphatic heterocycles. The SMILES string of the molecule is CCCC1(O)CCC(C(=O)O)CC1. The maximum atomic E-state index is 10.6. The normalized spacial score (nSPS) is 34.5. The molecule has 0 saturated heterocycles. The van der Waals surface area contributed by atoms with Crippen molar-refractivity contribution in [2.24, 2.45) is 5.92 Å². The Morgan fingerprint density at radius 1 is 1.46 bits per heavy atom. The number of carboxylic acid groups (broad SMARTS) is 1. The van der Waals surface area contributed by atoms with E-state index in [-0.39, 0.29) is 5.92 Å². The monoisotopic (exact) mass is 186 g/mol. The number of hydrogen-bond acceptors (Lipinski definition) is 2. The molecule has 1 fully saturated rings. The van der Waals surface area contributed by atoms with Gasteiger partial charge in [0.1, 0.15) is 0 Å². The number of hydrogen-bond donors (Lipinski definition) is 2. The molecule has 3 heteroatoms. The summed E-state index contributed by atoms with van der Waals surface area (Å²) in [6.07, 6.45) is 4.33. The van der Waals surface area contributed by atoms with Crippen LogP contribution in [-0.4, -0.2) is 21.8 Å². The summed E-state index contributed by atoms with van der Waals surface area (Å²) in [6, 6.07) is 0. The second-order valence-corrected chi connectivity index (χ2v) is 4.09. The molecule has 1 aliphatic carbocycles. The number of aliphatic carboxylic acids is 1. The number of rotatable bonds is 3. The molecule has 2 N–H and O–H groups in total. The van der Waals surface area contributed by atoms with Crippen LogP contribution in [0.15, 0.2) is 0 Å². The summed E-state index contributed by atoms with van der Waals surface area (Å²) in [5.41, 5.74) is -0.569. The molecule has 0 spiro atoms. The molecule has 13 heavy (non-hydrogen) atoms. The smallest absolute Gasteiger partial charge is 0.306 e. The van der Waals surface area contributed by atoms with Crippen LogP contribution in [0.3, 0.4) is 0 Å². The third-order valence-corrected chi connectivity index (χ3v) is 2.98. The Kier molecular flexibility index (Phi) is 3.31. The zero-order valence-electron chi connectivity index (χ0n) is 8.12. The number of carboxylic acids is 1. The first-order valence-corrected chi connectivity index (χ1v) is 5.02. The van der Waals surface area contributed by atoms with Gasteiger partial charge in [-0.15, -0.1) is 0 Å². The molecule has 1 aliphatic rings. The highest BCUT2D eigenvalue weighted by Gasteiger charge is 2.34. The Morgan fingerprint density at radius 3 is 2.38 bits per heavy atom. The molecule has 0 heterocycles. The van der Waals surface area contributed by atoms with Crippen LogP contribution in [0.2, 0.25) is 0 Å². The van der Waals surface area contributed by atoms with Crippen LogP contribution in [-0.2, 0) is 4.79 Å². The van der Waals surface area contributed by atoms with Gasteiger partial charge < -0.3 is 10.2 Å². The fourth-order valence-electron chi connectivity index (χ4n) is 2.12. The summed E-state index contributed by atoms with van der Waals surface area (Å²) in [5.74, 6) is -0.935. The lowest BCUT2D eigenvalue weighted by Crippen LogP contribution is -2.35. The molecule has 0 unspecified atom stereocenters. The minimum atomic E-state index is -0.710. The molecular formula is C10H18O3. The van der Waals surface area contributed by atoms with Crippen LogP contribution in [0.25, 0.3) is 0 Å². The zero-order chi connectivity index (χ0) is 9.90. The summed E-state index contributed by atoms with van der Waals surface area (Å²) in [6.45, 7) is 2.04. The molecule has 1 rings (SSSR count). The minimum Gasteiger partial charge on any atom is -0.481 e. The second-order valence-electron chi connectivity index (χ2n) is 4.09. The van der Waals surface area contributed by atoms with Gasteiger partial charge in [-0.25, -0.2) is 0 Å². The fourth-order valence-corrected chi connectivity index (χ4v) is 2.12. The number of aliphatic hydroxyl groups is 1. The van der Waals surface area contributed by atoms with Crippen molar-refractivity contribution in [2.75, 3.05) is 0 Å². The molecule has 0 radical (unpaired) electrons. The van der Waals surface area contributed by atoms with Gasteiger partial charge >= 0.3 is 5.97 Å². The van der Waals surface area contributed by atoms with Crippen molar-refractivity contribution in [1.29, 1.82) is 0 Å². The van der Waals surface area contributed by atoms with Crippen LogP contribution >= 0.6 is 0 Å². The summed E-state index contributed by atoms with van der Waals surface area (Å²) in [7, 11) is 0. The average Bonchev–Trinajstić information content (AvgIpc) is 2.05. The molecule has 1 saturated carbocycles. The van der Waals surface area contributed by atoms with E-state index in [9.17, 15) is 9.90 Å². The van der Waals surface area contributed by atoms with Crippen molar-refractivity contribution >= 4 is 5.97 Å². The highest BCUT2D eigenvalue weighted by molar-refractivity contribution is 5.70. The van der Waals surface area contributed by atoms with E-state index >= 15 is 0 Å². The summed E-state index contributed by atoms with van der Waals surface area (Å²) in [5, 5.41) is 18.7. The van der Waals surface area contributed by atoms with Crippen molar-refractivity contribution in [3.05, 3.63) is 0 Å². The topological polar surface area (TPSA) is 57.5 Å². The van der Waals surface area contributed by atoms with E-state index in [0.29, 0.717) is 25.7 Å². The predicted octanol–water partition coefficient (Wildman–Crippen LogP) is 1.79. The molecule has 0 bridgehead atoms. The zero-order valence-corrected chi connectivity index (χ0v) is 8.12. The second kappa shape index (κ2) is 4.09. The van der Waals surface area contributed by atoms with E-state index in [4.69, 9.17) is 5.11 Å². The van der Waals surface area contributed by atoms with E-state index < -0.39 is 11.6 Å². The number of carbonyl (C=O) groups is 1. The van der Waals surface area contributed by atoms with E-state index in [1.807, 2.05) is 6.92 Å². The Morgan fingerprint density at radius 2 is 2.00 bits per heavy atom. The molecule has 0 aromatic carbocycles. The van der Waals surface area contributed by atoms with Gasteiger partial charge in [0.05, 0.1) is 11.5 Å². The van der Waals surface area contributed by atoms with E-state index in [2.05, 4.69) is 0 Å². The van der Waals surface area contributed by atoms with Gasteiger partial charge in [-0.05, 0) is 32.1 Å². The molecule has 0 atom stereocenters. The Labute approximate surface area is 78.8 Å². The Bertz CT molecular complexity index is 181. The van der Waals surface area contributed by atoms with Crippen molar-refractivity contribution < 1.29 is 15.0 Å². The standard InChI is InChI=1S/C10H18O3/c1-2-5-10(13)6-3-8(4-7-10)9(11)12/h8,13H,2-7H2,1H3,(H,11,12). The van der Waals surface area contributed by atoms with Crippen LogP contribution in [0.5, 0.6) is 0 Å². The third kappa shape index (κ3) is 2.69. The molecule has 0 aromatic heterocycles. The fraction of sp³-hybridized carbons (Fsp3) is 0.900. The Hall–Kier alpha value is -0.570. The lowest BCUT2D eigenvalue weighted by molar-refractivity contribution is -0.144. The first-order chi connectivity index (χ1) is 6.07. The summed E-state index contributed by atoms with van der Waals surface area (Å²) >= 11 is 0. The van der Waals surface area contributed by atoms with Gasteiger partial charge in [-0.1, -0.05) is 13.3 Å². The molecule has 0 amide bonds.